The van der Waals surface area contributed by atoms with Gasteiger partial charge in [0.1, 0.15) is 11.6 Å². The lowest BCUT2D eigenvalue weighted by Crippen LogP contribution is -2.39. The molecule has 2 aromatic rings. The highest BCUT2D eigenvalue weighted by Gasteiger charge is 2.30. The van der Waals surface area contributed by atoms with Gasteiger partial charge in [-0.05, 0) is 40.5 Å². The largest absolute Gasteiger partial charge is 0.338 e. The number of H-pyrrole nitrogens is 1. The summed E-state index contributed by atoms with van der Waals surface area (Å²) in [6.45, 7) is 9.31. The summed E-state index contributed by atoms with van der Waals surface area (Å²) < 4.78 is 1.92. The summed E-state index contributed by atoms with van der Waals surface area (Å²) in [6.07, 6.45) is 2.49. The summed E-state index contributed by atoms with van der Waals surface area (Å²) in [5.41, 5.74) is 2.91. The molecule has 2 aromatic heterocycles. The van der Waals surface area contributed by atoms with Crippen LogP contribution >= 0.6 is 0 Å². The van der Waals surface area contributed by atoms with Crippen molar-refractivity contribution in [3.05, 3.63) is 28.6 Å². The van der Waals surface area contributed by atoms with E-state index in [9.17, 15) is 4.79 Å². The predicted molar refractivity (Wildman–Crippen MR) is 86.0 cm³/mol. The van der Waals surface area contributed by atoms with E-state index < -0.39 is 0 Å². The van der Waals surface area contributed by atoms with Crippen LogP contribution in [0.3, 0.4) is 0 Å². The van der Waals surface area contributed by atoms with Crippen LogP contribution in [0.2, 0.25) is 0 Å². The van der Waals surface area contributed by atoms with Gasteiger partial charge in [0.2, 0.25) is 5.91 Å². The Balaban J connectivity index is 1.71. The van der Waals surface area contributed by atoms with Crippen LogP contribution in [-0.4, -0.2) is 48.4 Å². The highest BCUT2D eigenvalue weighted by molar-refractivity contribution is 5.79. The minimum absolute atomic E-state index is 0.176. The summed E-state index contributed by atoms with van der Waals surface area (Å²) in [7, 11) is 0. The van der Waals surface area contributed by atoms with Crippen molar-refractivity contribution in [2.24, 2.45) is 0 Å². The first-order chi connectivity index (χ1) is 11.0. The molecule has 7 nitrogen and oxygen atoms in total. The van der Waals surface area contributed by atoms with Crippen LogP contribution in [0.4, 0.5) is 0 Å². The Morgan fingerprint density at radius 1 is 1.30 bits per heavy atom. The zero-order valence-corrected chi connectivity index (χ0v) is 14.3. The average molecular weight is 316 g/mol. The van der Waals surface area contributed by atoms with Crippen LogP contribution in [0.25, 0.3) is 0 Å². The maximum atomic E-state index is 12.7. The molecule has 1 atom stereocenters. The molecule has 1 N–H and O–H groups in total. The van der Waals surface area contributed by atoms with Crippen molar-refractivity contribution in [2.45, 2.75) is 59.5 Å². The molecule has 7 heteroatoms. The van der Waals surface area contributed by atoms with Gasteiger partial charge in [0.15, 0.2) is 0 Å². The highest BCUT2D eigenvalue weighted by atomic mass is 16.2. The fourth-order valence-corrected chi connectivity index (χ4v) is 3.37. The van der Waals surface area contributed by atoms with Gasteiger partial charge in [-0.2, -0.15) is 10.2 Å². The van der Waals surface area contributed by atoms with Gasteiger partial charge in [-0.15, -0.1) is 0 Å². The number of amides is 1. The van der Waals surface area contributed by atoms with Gasteiger partial charge < -0.3 is 4.90 Å². The third-order valence-corrected chi connectivity index (χ3v) is 4.65. The quantitative estimate of drug-likeness (QED) is 0.926. The number of aromatic amines is 1. The molecule has 1 amide bonds. The van der Waals surface area contributed by atoms with E-state index in [1.165, 1.54) is 0 Å². The standard InChI is InChI=1S/C16H24N6O/c1-10-15(11(2)19-18-10)8-16(23)21-7-5-6-14(21)9-22-13(4)17-12(3)20-22/h14H,5-9H2,1-4H3,(H,18,19). The summed E-state index contributed by atoms with van der Waals surface area (Å²) in [5, 5.41) is 11.6. The molecule has 0 aliphatic carbocycles. The van der Waals surface area contributed by atoms with Crippen LogP contribution in [0, 0.1) is 27.7 Å². The Hall–Kier alpha value is -2.18. The number of rotatable bonds is 4. The summed E-state index contributed by atoms with van der Waals surface area (Å²) >= 11 is 0. The fourth-order valence-electron chi connectivity index (χ4n) is 3.37. The number of aromatic nitrogens is 5. The van der Waals surface area contributed by atoms with E-state index in [4.69, 9.17) is 0 Å². The highest BCUT2D eigenvalue weighted by Crippen LogP contribution is 2.21. The number of hydrogen-bond acceptors (Lipinski definition) is 4. The zero-order chi connectivity index (χ0) is 16.6. The normalized spacial score (nSPS) is 17.9. The Kier molecular flexibility index (Phi) is 4.19. The van der Waals surface area contributed by atoms with Crippen molar-refractivity contribution < 1.29 is 4.79 Å². The molecule has 3 rings (SSSR count). The molecule has 0 radical (unpaired) electrons. The lowest BCUT2D eigenvalue weighted by atomic mass is 10.1. The second-order valence-corrected chi connectivity index (χ2v) is 6.36. The van der Waals surface area contributed by atoms with Crippen molar-refractivity contribution >= 4 is 5.91 Å². The number of carbonyl (C=O) groups is 1. The minimum Gasteiger partial charge on any atom is -0.338 e. The van der Waals surface area contributed by atoms with Gasteiger partial charge >= 0.3 is 0 Å². The number of aryl methyl sites for hydroxylation is 4. The van der Waals surface area contributed by atoms with E-state index in [1.807, 2.05) is 37.3 Å². The molecule has 3 heterocycles. The first-order valence-corrected chi connectivity index (χ1v) is 8.13. The van der Waals surface area contributed by atoms with E-state index in [2.05, 4.69) is 20.3 Å². The maximum absolute atomic E-state index is 12.7. The van der Waals surface area contributed by atoms with Gasteiger partial charge in [-0.25, -0.2) is 9.67 Å². The average Bonchev–Trinajstić information content (AvgIpc) is 3.16. The van der Waals surface area contributed by atoms with E-state index in [1.54, 1.807) is 0 Å². The van der Waals surface area contributed by atoms with Gasteiger partial charge in [0.05, 0.1) is 24.7 Å². The number of nitrogens with one attached hydrogen (secondary N) is 1. The molecule has 0 aromatic carbocycles. The third kappa shape index (κ3) is 3.13. The predicted octanol–water partition coefficient (Wildman–Crippen LogP) is 1.47. The Morgan fingerprint density at radius 2 is 2.09 bits per heavy atom. The van der Waals surface area contributed by atoms with E-state index in [0.29, 0.717) is 6.42 Å². The molecule has 0 saturated carbocycles. The number of nitrogens with zero attached hydrogens (tertiary/aromatic N) is 5. The Bertz CT molecular complexity index is 697. The van der Waals surface area contributed by atoms with Gasteiger partial charge in [0, 0.05) is 17.8 Å². The van der Waals surface area contributed by atoms with Crippen LogP contribution in [0.1, 0.15) is 41.4 Å². The summed E-state index contributed by atoms with van der Waals surface area (Å²) in [4.78, 5) is 19.1. The summed E-state index contributed by atoms with van der Waals surface area (Å²) in [5.74, 6) is 1.86. The maximum Gasteiger partial charge on any atom is 0.227 e. The van der Waals surface area contributed by atoms with Crippen molar-refractivity contribution in [1.82, 2.24) is 29.9 Å². The molecule has 0 bridgehead atoms. The smallest absolute Gasteiger partial charge is 0.227 e. The lowest BCUT2D eigenvalue weighted by Gasteiger charge is -2.25. The number of carbonyl (C=O) groups excluding carboxylic acids is 1. The summed E-state index contributed by atoms with van der Waals surface area (Å²) in [6, 6.07) is 0.204. The number of likely N-dealkylation sites (tertiary alicyclic amines) is 1. The van der Waals surface area contributed by atoms with E-state index in [0.717, 1.165) is 54.5 Å². The molecule has 1 fully saturated rings. The SMILES string of the molecule is Cc1nc(C)n(CC2CCCN2C(=O)Cc2c(C)n[nH]c2C)n1. The number of hydrogen-bond donors (Lipinski definition) is 1. The molecule has 0 spiro atoms. The molecular formula is C16H24N6O. The third-order valence-electron chi connectivity index (χ3n) is 4.65. The van der Waals surface area contributed by atoms with Crippen molar-refractivity contribution in [3.8, 4) is 0 Å². The van der Waals surface area contributed by atoms with Gasteiger partial charge in [-0.3, -0.25) is 9.89 Å². The van der Waals surface area contributed by atoms with Crippen LogP contribution in [0.5, 0.6) is 0 Å². The van der Waals surface area contributed by atoms with Gasteiger partial charge in [0.25, 0.3) is 0 Å². The first kappa shape index (κ1) is 15.7. The van der Waals surface area contributed by atoms with Crippen LogP contribution in [-0.2, 0) is 17.8 Å². The molecule has 1 aliphatic heterocycles. The Morgan fingerprint density at radius 3 is 2.70 bits per heavy atom. The van der Waals surface area contributed by atoms with Gasteiger partial charge in [-0.1, -0.05) is 0 Å². The van der Waals surface area contributed by atoms with Crippen molar-refractivity contribution in [3.63, 3.8) is 0 Å². The molecule has 1 saturated heterocycles. The fraction of sp³-hybridized carbons (Fsp3) is 0.625. The topological polar surface area (TPSA) is 79.7 Å². The molecular weight excluding hydrogens is 292 g/mol. The van der Waals surface area contributed by atoms with Crippen molar-refractivity contribution in [2.75, 3.05) is 6.54 Å². The van der Waals surface area contributed by atoms with E-state index >= 15 is 0 Å². The second kappa shape index (κ2) is 6.14. The molecule has 1 unspecified atom stereocenters. The molecule has 23 heavy (non-hydrogen) atoms. The zero-order valence-electron chi connectivity index (χ0n) is 14.3. The van der Waals surface area contributed by atoms with E-state index in [-0.39, 0.29) is 11.9 Å². The lowest BCUT2D eigenvalue weighted by molar-refractivity contribution is -0.131. The van der Waals surface area contributed by atoms with Crippen LogP contribution in [0.15, 0.2) is 0 Å². The second-order valence-electron chi connectivity index (χ2n) is 6.36. The first-order valence-electron chi connectivity index (χ1n) is 8.13. The molecule has 1 aliphatic rings. The van der Waals surface area contributed by atoms with Crippen molar-refractivity contribution in [1.29, 1.82) is 0 Å². The minimum atomic E-state index is 0.176. The monoisotopic (exact) mass is 316 g/mol. The van der Waals surface area contributed by atoms with Crippen LogP contribution < -0.4 is 0 Å². The molecule has 124 valence electrons. The Labute approximate surface area is 136 Å².